The Morgan fingerprint density at radius 1 is 1.00 bits per heavy atom. The van der Waals surface area contributed by atoms with Gasteiger partial charge in [-0.1, -0.05) is 36.1 Å². The second kappa shape index (κ2) is 14.2. The Kier molecular flexibility index (Phi) is 10.2. The molecule has 9 nitrogen and oxygen atoms in total. The molecule has 2 aromatic heterocycles. The van der Waals surface area contributed by atoms with E-state index < -0.39 is 15.6 Å². The topological polar surface area (TPSA) is 134 Å². The van der Waals surface area contributed by atoms with Crippen LogP contribution in [0, 0.1) is 18.8 Å². The fourth-order valence-electron chi connectivity index (χ4n) is 3.81. The fourth-order valence-corrected chi connectivity index (χ4v) is 5.62. The molecule has 4 rings (SSSR count). The first-order chi connectivity index (χ1) is 19.9. The lowest BCUT2D eigenvalue weighted by atomic mass is 10.1. The predicted octanol–water partition coefficient (Wildman–Crippen LogP) is 4.27. The second-order valence-corrected chi connectivity index (χ2v) is 11.4. The third-order valence-corrected chi connectivity index (χ3v) is 8.16. The number of nitrogens with one attached hydrogen (secondary N) is 2. The number of hydrogen-bond donors (Lipinski definition) is 3. The molecule has 0 unspecified atom stereocenters. The minimum Gasteiger partial charge on any atom is -0.459 e. The normalized spacial score (nSPS) is 12.0. The zero-order valence-electron chi connectivity index (χ0n) is 22.5. The maximum absolute atomic E-state index is 13.8. The van der Waals surface area contributed by atoms with E-state index in [9.17, 15) is 13.8 Å². The highest BCUT2D eigenvalue weighted by molar-refractivity contribution is 7.94. The molecule has 0 radical (unpaired) electrons. The highest BCUT2D eigenvalue weighted by Gasteiger charge is 2.17. The molecule has 0 bridgehead atoms. The summed E-state index contributed by atoms with van der Waals surface area (Å²) >= 11 is 0. The number of aryl methyl sites for hydroxylation is 1. The summed E-state index contributed by atoms with van der Waals surface area (Å²) in [5, 5.41) is 14.9. The van der Waals surface area contributed by atoms with Crippen molar-refractivity contribution in [2.75, 3.05) is 30.8 Å². The summed E-state index contributed by atoms with van der Waals surface area (Å²) in [5.74, 6) is 5.37. The highest BCUT2D eigenvalue weighted by atomic mass is 32.2. The molecule has 0 spiro atoms. The number of rotatable bonds is 10. The summed E-state index contributed by atoms with van der Waals surface area (Å²) < 4.78 is 23.2. The summed E-state index contributed by atoms with van der Waals surface area (Å²) in [6.45, 7) is 2.79. The molecule has 210 valence electrons. The van der Waals surface area contributed by atoms with Crippen LogP contribution in [0.4, 0.5) is 5.69 Å². The van der Waals surface area contributed by atoms with Gasteiger partial charge in [0.1, 0.15) is 0 Å². The first-order valence-corrected chi connectivity index (χ1v) is 14.6. The van der Waals surface area contributed by atoms with E-state index >= 15 is 0 Å². The number of anilines is 1. The number of benzene rings is 2. The van der Waals surface area contributed by atoms with Crippen LogP contribution in [0.1, 0.15) is 44.0 Å². The molecule has 10 heteroatoms. The van der Waals surface area contributed by atoms with Crippen LogP contribution >= 0.6 is 0 Å². The number of pyridine rings is 1. The standard InChI is InChI=1S/C31H30N4O5S/c1-23-13-17-40-29(23)31(38)34-27-8-5-7-24(20-27)11-12-25-19-26(22-33-21-25)30(37)35-41(39,18-15-32-14-6-16-36)28-9-3-2-4-10-28/h2-5,7-10,13,17,19-22,32,36H,6,14-16,18H2,1H3,(H,34,38)/t41-/m0/s1. The van der Waals surface area contributed by atoms with Crippen LogP contribution in [0.25, 0.3) is 0 Å². The van der Waals surface area contributed by atoms with Crippen molar-refractivity contribution >= 4 is 27.2 Å². The van der Waals surface area contributed by atoms with Crippen LogP contribution in [0.5, 0.6) is 0 Å². The average Bonchev–Trinajstić information content (AvgIpc) is 3.43. The van der Waals surface area contributed by atoms with Gasteiger partial charge < -0.3 is 20.2 Å². The monoisotopic (exact) mass is 570 g/mol. The highest BCUT2D eigenvalue weighted by Crippen LogP contribution is 2.17. The zero-order valence-corrected chi connectivity index (χ0v) is 23.3. The quantitative estimate of drug-likeness (QED) is 0.191. The molecular weight excluding hydrogens is 540 g/mol. The Morgan fingerprint density at radius 2 is 1.80 bits per heavy atom. The van der Waals surface area contributed by atoms with Crippen LogP contribution in [0.3, 0.4) is 0 Å². The van der Waals surface area contributed by atoms with Crippen molar-refractivity contribution in [3.63, 3.8) is 0 Å². The van der Waals surface area contributed by atoms with Crippen LogP contribution < -0.4 is 10.6 Å². The fraction of sp³-hybridized carbons (Fsp3) is 0.194. The SMILES string of the molecule is Cc1ccoc1C(=O)Nc1cccc(C#Cc2cncc(C(=O)N=[S@](=O)(CCNCCCO)c3ccccc3)c2)c1. The number of aliphatic hydroxyl groups excluding tert-OH is 1. The van der Waals surface area contributed by atoms with E-state index in [0.29, 0.717) is 41.2 Å². The molecule has 2 amide bonds. The van der Waals surface area contributed by atoms with Gasteiger partial charge in [-0.15, -0.1) is 0 Å². The summed E-state index contributed by atoms with van der Waals surface area (Å²) in [6.07, 6.45) is 4.93. The van der Waals surface area contributed by atoms with Gasteiger partial charge in [-0.3, -0.25) is 14.6 Å². The number of amides is 2. The number of aliphatic hydroxyl groups is 1. The lowest BCUT2D eigenvalue weighted by molar-refractivity contribution is 0.0991. The minimum atomic E-state index is -3.06. The minimum absolute atomic E-state index is 0.0592. The van der Waals surface area contributed by atoms with Gasteiger partial charge in [0.2, 0.25) is 0 Å². The molecular formula is C31H30N4O5S. The molecule has 0 fully saturated rings. The molecule has 4 aromatic rings. The second-order valence-electron chi connectivity index (χ2n) is 9.06. The third-order valence-electron chi connectivity index (χ3n) is 5.93. The van der Waals surface area contributed by atoms with Gasteiger partial charge in [0.15, 0.2) is 5.76 Å². The smallest absolute Gasteiger partial charge is 0.291 e. The van der Waals surface area contributed by atoms with Gasteiger partial charge >= 0.3 is 0 Å². The number of furan rings is 1. The molecule has 0 aliphatic heterocycles. The van der Waals surface area contributed by atoms with Crippen molar-refractivity contribution in [1.82, 2.24) is 10.3 Å². The van der Waals surface area contributed by atoms with Crippen molar-refractivity contribution in [1.29, 1.82) is 0 Å². The number of nitrogens with zero attached hydrogens (tertiary/aromatic N) is 2. The van der Waals surface area contributed by atoms with Gasteiger partial charge in [-0.05, 0) is 62.4 Å². The molecule has 41 heavy (non-hydrogen) atoms. The molecule has 0 aliphatic rings. The van der Waals surface area contributed by atoms with E-state index in [1.54, 1.807) is 73.7 Å². The van der Waals surface area contributed by atoms with Gasteiger partial charge in [-0.2, -0.15) is 4.36 Å². The Hall–Kier alpha value is -4.56. The van der Waals surface area contributed by atoms with Crippen LogP contribution in [-0.4, -0.2) is 51.6 Å². The maximum Gasteiger partial charge on any atom is 0.291 e. The molecule has 0 aliphatic carbocycles. The van der Waals surface area contributed by atoms with E-state index in [2.05, 4.69) is 31.8 Å². The average molecular weight is 571 g/mol. The molecule has 0 saturated carbocycles. The van der Waals surface area contributed by atoms with Crippen molar-refractivity contribution in [3.8, 4) is 11.8 Å². The summed E-state index contributed by atoms with van der Waals surface area (Å²) in [6, 6.07) is 19.0. The summed E-state index contributed by atoms with van der Waals surface area (Å²) in [5.41, 5.74) is 2.58. The maximum atomic E-state index is 13.8. The number of carbonyl (C=O) groups is 2. The predicted molar refractivity (Wildman–Crippen MR) is 157 cm³/mol. The molecule has 3 N–H and O–H groups in total. The molecule has 2 heterocycles. The van der Waals surface area contributed by atoms with Crippen molar-refractivity contribution in [3.05, 3.63) is 113 Å². The summed E-state index contributed by atoms with van der Waals surface area (Å²) in [7, 11) is -3.06. The van der Waals surface area contributed by atoms with Gasteiger partial charge in [0.25, 0.3) is 11.8 Å². The number of aromatic nitrogens is 1. The Bertz CT molecular complexity index is 1700. The number of carbonyl (C=O) groups excluding carboxylic acids is 2. The number of hydrogen-bond acceptors (Lipinski definition) is 7. The van der Waals surface area contributed by atoms with Gasteiger partial charge in [0, 0.05) is 58.6 Å². The van der Waals surface area contributed by atoms with Crippen LogP contribution in [-0.2, 0) is 9.73 Å². The van der Waals surface area contributed by atoms with Crippen LogP contribution in [0.2, 0.25) is 0 Å². The van der Waals surface area contributed by atoms with Crippen molar-refractivity contribution in [2.45, 2.75) is 18.2 Å². The lowest BCUT2D eigenvalue weighted by Gasteiger charge is -2.11. The van der Waals surface area contributed by atoms with E-state index in [4.69, 9.17) is 9.52 Å². The van der Waals surface area contributed by atoms with Gasteiger partial charge in [0.05, 0.1) is 21.6 Å². The van der Waals surface area contributed by atoms with Gasteiger partial charge in [-0.25, -0.2) is 4.21 Å². The van der Waals surface area contributed by atoms with Crippen LogP contribution in [0.15, 0.2) is 99.1 Å². The van der Waals surface area contributed by atoms with Crippen molar-refractivity contribution < 1.29 is 23.3 Å². The molecule has 1 atom stereocenters. The Morgan fingerprint density at radius 3 is 2.56 bits per heavy atom. The molecule has 0 saturated heterocycles. The first kappa shape index (κ1) is 29.4. The third kappa shape index (κ3) is 8.22. The lowest BCUT2D eigenvalue weighted by Crippen LogP contribution is -2.25. The molecule has 2 aromatic carbocycles. The van der Waals surface area contributed by atoms with E-state index in [1.165, 1.54) is 18.7 Å². The zero-order chi connectivity index (χ0) is 29.1. The Balaban J connectivity index is 1.52. The summed E-state index contributed by atoms with van der Waals surface area (Å²) in [4.78, 5) is 30.2. The largest absolute Gasteiger partial charge is 0.459 e. The Labute approximate surface area is 239 Å². The first-order valence-electron chi connectivity index (χ1n) is 13.0. The van der Waals surface area contributed by atoms with E-state index in [-0.39, 0.29) is 29.6 Å². The van der Waals surface area contributed by atoms with E-state index in [1.807, 2.05) is 0 Å². The van der Waals surface area contributed by atoms with Crippen molar-refractivity contribution in [2.24, 2.45) is 4.36 Å². The van der Waals surface area contributed by atoms with E-state index in [0.717, 1.165) is 5.56 Å².